The molecule has 0 bridgehead atoms. The van der Waals surface area contributed by atoms with Gasteiger partial charge in [-0.2, -0.15) is 5.10 Å². The summed E-state index contributed by atoms with van der Waals surface area (Å²) in [5, 5.41) is 7.56. The van der Waals surface area contributed by atoms with Crippen molar-refractivity contribution in [3.63, 3.8) is 0 Å². The Morgan fingerprint density at radius 3 is 2.53 bits per heavy atom. The summed E-state index contributed by atoms with van der Waals surface area (Å²) in [7, 11) is 1.69. The van der Waals surface area contributed by atoms with Crippen LogP contribution in [0.4, 0.5) is 0 Å². The van der Waals surface area contributed by atoms with E-state index >= 15 is 0 Å². The van der Waals surface area contributed by atoms with Gasteiger partial charge in [-0.05, 0) is 51.1 Å². The number of para-hydroxylation sites is 2. The summed E-state index contributed by atoms with van der Waals surface area (Å²) in [6.45, 7) is 4.51. The van der Waals surface area contributed by atoms with Gasteiger partial charge in [0.1, 0.15) is 5.75 Å². The molecule has 3 aromatic rings. The zero-order chi connectivity index (χ0) is 20.9. The number of nitrogens with zero attached hydrogens (tertiary/aromatic N) is 3. The average Bonchev–Trinajstić information content (AvgIpc) is 3.45. The highest BCUT2D eigenvalue weighted by molar-refractivity contribution is 5.95. The lowest BCUT2D eigenvalue weighted by molar-refractivity contribution is 0.0936. The monoisotopic (exact) mass is 404 g/mol. The van der Waals surface area contributed by atoms with E-state index in [2.05, 4.69) is 21.4 Å². The van der Waals surface area contributed by atoms with Gasteiger partial charge in [-0.25, -0.2) is 4.68 Å². The number of likely N-dealkylation sites (tertiary alicyclic amines) is 1. The van der Waals surface area contributed by atoms with Crippen molar-refractivity contribution in [1.82, 2.24) is 20.0 Å². The molecule has 2 aromatic carbocycles. The van der Waals surface area contributed by atoms with Crippen LogP contribution in [0.1, 0.15) is 40.5 Å². The van der Waals surface area contributed by atoms with Gasteiger partial charge in [0.25, 0.3) is 5.91 Å². The summed E-state index contributed by atoms with van der Waals surface area (Å²) in [4.78, 5) is 15.4. The molecule has 1 fully saturated rings. The first kappa shape index (κ1) is 20.2. The Bertz CT molecular complexity index is 993. The van der Waals surface area contributed by atoms with Crippen LogP contribution in [0.3, 0.4) is 0 Å². The van der Waals surface area contributed by atoms with E-state index in [-0.39, 0.29) is 11.9 Å². The lowest BCUT2D eigenvalue weighted by Crippen LogP contribution is -2.37. The molecule has 30 heavy (non-hydrogen) atoms. The van der Waals surface area contributed by atoms with Crippen LogP contribution in [0.2, 0.25) is 0 Å². The number of aromatic nitrogens is 2. The van der Waals surface area contributed by atoms with Crippen LogP contribution in [0.5, 0.6) is 5.75 Å². The highest BCUT2D eigenvalue weighted by Crippen LogP contribution is 2.31. The Morgan fingerprint density at radius 1 is 1.10 bits per heavy atom. The van der Waals surface area contributed by atoms with Crippen LogP contribution in [-0.4, -0.2) is 47.3 Å². The highest BCUT2D eigenvalue weighted by atomic mass is 16.5. The minimum Gasteiger partial charge on any atom is -0.496 e. The standard InChI is InChI=1S/C24H28N4O2/c1-18-21(16-26-28(18)19-10-4-3-5-11-19)24(29)25-17-22(27-14-8-9-15-27)20-12-6-7-13-23(20)30-2/h3-7,10-13,16,22H,8-9,14-15,17H2,1-2H3,(H,25,29). The molecular formula is C24H28N4O2. The summed E-state index contributed by atoms with van der Waals surface area (Å²) in [5.41, 5.74) is 3.48. The van der Waals surface area contributed by atoms with Gasteiger partial charge in [-0.1, -0.05) is 36.4 Å². The van der Waals surface area contributed by atoms with Gasteiger partial charge in [-0.3, -0.25) is 9.69 Å². The lowest BCUT2D eigenvalue weighted by Gasteiger charge is -2.29. The van der Waals surface area contributed by atoms with Crippen molar-refractivity contribution in [2.75, 3.05) is 26.7 Å². The number of hydrogen-bond donors (Lipinski definition) is 1. The third-order valence-electron chi connectivity index (χ3n) is 5.79. The maximum Gasteiger partial charge on any atom is 0.254 e. The quantitative estimate of drug-likeness (QED) is 0.651. The number of hydrogen-bond acceptors (Lipinski definition) is 4. The number of carbonyl (C=O) groups excluding carboxylic acids is 1. The molecule has 1 atom stereocenters. The summed E-state index contributed by atoms with van der Waals surface area (Å²) in [5.74, 6) is 0.755. The van der Waals surface area contributed by atoms with E-state index in [4.69, 9.17) is 4.74 Å². The van der Waals surface area contributed by atoms with Crippen molar-refractivity contribution in [1.29, 1.82) is 0 Å². The van der Waals surface area contributed by atoms with Crippen LogP contribution in [0.15, 0.2) is 60.8 Å². The Balaban J connectivity index is 1.53. The first-order chi connectivity index (χ1) is 14.7. The molecule has 1 N–H and O–H groups in total. The Hall–Kier alpha value is -3.12. The third-order valence-corrected chi connectivity index (χ3v) is 5.79. The molecule has 1 amide bonds. The molecule has 0 spiro atoms. The fourth-order valence-electron chi connectivity index (χ4n) is 4.18. The number of nitrogens with one attached hydrogen (secondary N) is 1. The zero-order valence-corrected chi connectivity index (χ0v) is 17.5. The van der Waals surface area contributed by atoms with Crippen molar-refractivity contribution in [2.45, 2.75) is 25.8 Å². The van der Waals surface area contributed by atoms with Crippen LogP contribution in [-0.2, 0) is 0 Å². The van der Waals surface area contributed by atoms with Gasteiger partial charge in [0, 0.05) is 12.1 Å². The number of ether oxygens (including phenoxy) is 1. The minimum absolute atomic E-state index is 0.0806. The molecule has 0 saturated carbocycles. The van der Waals surface area contributed by atoms with Crippen LogP contribution >= 0.6 is 0 Å². The maximum atomic E-state index is 13.0. The molecule has 156 valence electrons. The summed E-state index contributed by atoms with van der Waals surface area (Å²) in [6.07, 6.45) is 4.01. The molecule has 1 aromatic heterocycles. The SMILES string of the molecule is COc1ccccc1C(CNC(=O)c1cnn(-c2ccccc2)c1C)N1CCCC1. The number of rotatable bonds is 7. The molecule has 0 aliphatic carbocycles. The smallest absolute Gasteiger partial charge is 0.254 e. The van der Waals surface area contributed by atoms with Crippen molar-refractivity contribution >= 4 is 5.91 Å². The van der Waals surface area contributed by atoms with Crippen molar-refractivity contribution in [2.24, 2.45) is 0 Å². The van der Waals surface area contributed by atoms with Gasteiger partial charge in [0.2, 0.25) is 0 Å². The van der Waals surface area contributed by atoms with E-state index in [1.807, 2.05) is 55.5 Å². The first-order valence-electron chi connectivity index (χ1n) is 10.4. The van der Waals surface area contributed by atoms with E-state index in [0.29, 0.717) is 12.1 Å². The molecule has 4 rings (SSSR count). The Kier molecular flexibility index (Phi) is 6.14. The van der Waals surface area contributed by atoms with E-state index < -0.39 is 0 Å². The van der Waals surface area contributed by atoms with Crippen LogP contribution < -0.4 is 10.1 Å². The predicted molar refractivity (Wildman–Crippen MR) is 117 cm³/mol. The first-order valence-corrected chi connectivity index (χ1v) is 10.4. The summed E-state index contributed by atoms with van der Waals surface area (Å²) in [6, 6.07) is 18.0. The lowest BCUT2D eigenvalue weighted by atomic mass is 10.0. The van der Waals surface area contributed by atoms with Gasteiger partial charge < -0.3 is 10.1 Å². The molecule has 0 radical (unpaired) electrons. The van der Waals surface area contributed by atoms with E-state index in [1.54, 1.807) is 18.0 Å². The van der Waals surface area contributed by atoms with Gasteiger partial charge in [0.05, 0.1) is 36.3 Å². The van der Waals surface area contributed by atoms with Crippen molar-refractivity contribution in [3.05, 3.63) is 77.6 Å². The molecule has 6 heteroatoms. The fraction of sp³-hybridized carbons (Fsp3) is 0.333. The highest BCUT2D eigenvalue weighted by Gasteiger charge is 2.27. The van der Waals surface area contributed by atoms with Gasteiger partial charge in [-0.15, -0.1) is 0 Å². The molecule has 1 aliphatic rings. The molecule has 6 nitrogen and oxygen atoms in total. The summed E-state index contributed by atoms with van der Waals surface area (Å²) >= 11 is 0. The number of methoxy groups -OCH3 is 1. The van der Waals surface area contributed by atoms with Crippen LogP contribution in [0, 0.1) is 6.92 Å². The molecule has 2 heterocycles. The molecule has 1 aliphatic heterocycles. The van der Waals surface area contributed by atoms with E-state index in [0.717, 1.165) is 35.8 Å². The largest absolute Gasteiger partial charge is 0.496 e. The second-order valence-electron chi connectivity index (χ2n) is 7.60. The fourth-order valence-corrected chi connectivity index (χ4v) is 4.18. The Morgan fingerprint density at radius 2 is 1.80 bits per heavy atom. The second kappa shape index (κ2) is 9.13. The van der Waals surface area contributed by atoms with Crippen molar-refractivity contribution in [3.8, 4) is 11.4 Å². The molecular weight excluding hydrogens is 376 g/mol. The van der Waals surface area contributed by atoms with E-state index in [1.165, 1.54) is 12.8 Å². The topological polar surface area (TPSA) is 59.4 Å². The normalized spacial score (nSPS) is 15.1. The number of carbonyl (C=O) groups is 1. The maximum absolute atomic E-state index is 13.0. The number of amides is 1. The second-order valence-corrected chi connectivity index (χ2v) is 7.60. The summed E-state index contributed by atoms with van der Waals surface area (Å²) < 4.78 is 7.39. The third kappa shape index (κ3) is 4.09. The predicted octanol–water partition coefficient (Wildman–Crippen LogP) is 3.76. The zero-order valence-electron chi connectivity index (χ0n) is 17.5. The Labute approximate surface area is 177 Å². The van der Waals surface area contributed by atoms with Crippen molar-refractivity contribution < 1.29 is 9.53 Å². The number of benzene rings is 2. The van der Waals surface area contributed by atoms with Gasteiger partial charge in [0.15, 0.2) is 0 Å². The van der Waals surface area contributed by atoms with Gasteiger partial charge >= 0.3 is 0 Å². The minimum atomic E-state index is -0.103. The van der Waals surface area contributed by atoms with Crippen LogP contribution in [0.25, 0.3) is 5.69 Å². The molecule has 1 saturated heterocycles. The molecule has 1 unspecified atom stereocenters. The average molecular weight is 405 g/mol. The van der Waals surface area contributed by atoms with E-state index in [9.17, 15) is 4.79 Å².